The zero-order valence-corrected chi connectivity index (χ0v) is 16.0. The minimum absolute atomic E-state index is 0.0130. The minimum atomic E-state index is -4.84. The molecular formula is C21H22F6N2O. The summed E-state index contributed by atoms with van der Waals surface area (Å²) >= 11 is 0. The van der Waals surface area contributed by atoms with Crippen LogP contribution in [0.2, 0.25) is 0 Å². The highest BCUT2D eigenvalue weighted by Crippen LogP contribution is 2.36. The molecule has 164 valence electrons. The van der Waals surface area contributed by atoms with Crippen molar-refractivity contribution in [3.8, 4) is 5.75 Å². The summed E-state index contributed by atoms with van der Waals surface area (Å²) in [5.74, 6) is 0.155. The van der Waals surface area contributed by atoms with Crippen LogP contribution < -0.4 is 5.32 Å². The molecule has 0 amide bonds. The van der Waals surface area contributed by atoms with Crippen molar-refractivity contribution in [2.45, 2.75) is 31.2 Å². The summed E-state index contributed by atoms with van der Waals surface area (Å²) in [4.78, 5) is 2.08. The average Bonchev–Trinajstić information content (AvgIpc) is 2.67. The maximum absolute atomic E-state index is 13.1. The number of hydrogen-bond donors (Lipinski definition) is 2. The SMILES string of the molecule is Oc1ccc(C[C@H]2CNCCN2CCc2cc(C(F)(F)F)cc(C(F)(F)F)c2)cc1. The number of phenolic OH excluding ortho intramolecular Hbond substituents is 1. The molecule has 1 aliphatic rings. The Morgan fingerprint density at radius 3 is 2.07 bits per heavy atom. The number of nitrogens with one attached hydrogen (secondary N) is 1. The second-order valence-corrected chi connectivity index (χ2v) is 7.43. The van der Waals surface area contributed by atoms with Crippen LogP contribution in [0.3, 0.4) is 0 Å². The third kappa shape index (κ3) is 5.89. The Kier molecular flexibility index (Phi) is 6.62. The van der Waals surface area contributed by atoms with Gasteiger partial charge in [-0.2, -0.15) is 26.3 Å². The molecule has 0 unspecified atom stereocenters. The highest BCUT2D eigenvalue weighted by atomic mass is 19.4. The molecule has 0 radical (unpaired) electrons. The number of halogens is 6. The van der Waals surface area contributed by atoms with E-state index in [1.165, 1.54) is 0 Å². The van der Waals surface area contributed by atoms with Gasteiger partial charge in [0.25, 0.3) is 0 Å². The van der Waals surface area contributed by atoms with Gasteiger partial charge in [-0.1, -0.05) is 12.1 Å². The first-order valence-corrected chi connectivity index (χ1v) is 9.53. The van der Waals surface area contributed by atoms with Crippen molar-refractivity contribution in [1.82, 2.24) is 10.2 Å². The van der Waals surface area contributed by atoms with E-state index in [9.17, 15) is 31.4 Å². The second-order valence-electron chi connectivity index (χ2n) is 7.43. The normalized spacial score (nSPS) is 18.5. The molecule has 0 bridgehead atoms. The first-order valence-electron chi connectivity index (χ1n) is 9.53. The number of piperazine rings is 1. The molecule has 0 aromatic heterocycles. The van der Waals surface area contributed by atoms with E-state index < -0.39 is 23.5 Å². The smallest absolute Gasteiger partial charge is 0.416 e. The van der Waals surface area contributed by atoms with Crippen molar-refractivity contribution in [3.63, 3.8) is 0 Å². The van der Waals surface area contributed by atoms with Crippen LogP contribution in [0.25, 0.3) is 0 Å². The molecule has 1 atom stereocenters. The molecule has 0 aliphatic carbocycles. The second kappa shape index (κ2) is 8.85. The highest BCUT2D eigenvalue weighted by Gasteiger charge is 2.37. The number of alkyl halides is 6. The topological polar surface area (TPSA) is 35.5 Å². The van der Waals surface area contributed by atoms with Crippen LogP contribution in [0, 0.1) is 0 Å². The van der Waals surface area contributed by atoms with E-state index in [0.29, 0.717) is 32.6 Å². The van der Waals surface area contributed by atoms with Gasteiger partial charge in [0.2, 0.25) is 0 Å². The lowest BCUT2D eigenvalue weighted by molar-refractivity contribution is -0.143. The van der Waals surface area contributed by atoms with Crippen molar-refractivity contribution in [1.29, 1.82) is 0 Å². The Labute approximate surface area is 170 Å². The molecule has 30 heavy (non-hydrogen) atoms. The van der Waals surface area contributed by atoms with Crippen molar-refractivity contribution in [3.05, 3.63) is 64.7 Å². The minimum Gasteiger partial charge on any atom is -0.508 e. The fraction of sp³-hybridized carbons (Fsp3) is 0.429. The predicted molar refractivity (Wildman–Crippen MR) is 100 cm³/mol. The van der Waals surface area contributed by atoms with Crippen LogP contribution in [0.15, 0.2) is 42.5 Å². The predicted octanol–water partition coefficient (Wildman–Crippen LogP) is 4.49. The van der Waals surface area contributed by atoms with Gasteiger partial charge < -0.3 is 10.4 Å². The van der Waals surface area contributed by atoms with E-state index in [-0.39, 0.29) is 29.8 Å². The van der Waals surface area contributed by atoms with Crippen LogP contribution >= 0.6 is 0 Å². The van der Waals surface area contributed by atoms with Crippen LogP contribution in [0.4, 0.5) is 26.3 Å². The lowest BCUT2D eigenvalue weighted by Gasteiger charge is -2.36. The summed E-state index contributed by atoms with van der Waals surface area (Å²) < 4.78 is 78.4. The van der Waals surface area contributed by atoms with Gasteiger partial charge in [0.05, 0.1) is 11.1 Å². The van der Waals surface area contributed by atoms with Crippen molar-refractivity contribution >= 4 is 0 Å². The van der Waals surface area contributed by atoms with Gasteiger partial charge in [-0.15, -0.1) is 0 Å². The van der Waals surface area contributed by atoms with Crippen molar-refractivity contribution in [2.75, 3.05) is 26.2 Å². The summed E-state index contributed by atoms with van der Waals surface area (Å²) in [6.45, 7) is 2.36. The fourth-order valence-electron chi connectivity index (χ4n) is 3.64. The fourth-order valence-corrected chi connectivity index (χ4v) is 3.64. The molecular weight excluding hydrogens is 410 g/mol. The Hall–Kier alpha value is -2.26. The Morgan fingerprint density at radius 2 is 1.50 bits per heavy atom. The maximum Gasteiger partial charge on any atom is 0.416 e. The molecule has 3 rings (SSSR count). The highest BCUT2D eigenvalue weighted by molar-refractivity contribution is 5.34. The Bertz CT molecular complexity index is 816. The van der Waals surface area contributed by atoms with Gasteiger partial charge in [0.15, 0.2) is 0 Å². The van der Waals surface area contributed by atoms with Gasteiger partial charge in [0.1, 0.15) is 5.75 Å². The quantitative estimate of drug-likeness (QED) is 0.684. The van der Waals surface area contributed by atoms with E-state index in [1.54, 1.807) is 24.3 Å². The third-order valence-corrected chi connectivity index (χ3v) is 5.21. The molecule has 0 saturated carbocycles. The lowest BCUT2D eigenvalue weighted by atomic mass is 10.00. The lowest BCUT2D eigenvalue weighted by Crippen LogP contribution is -2.52. The maximum atomic E-state index is 13.1. The number of benzene rings is 2. The Balaban J connectivity index is 1.74. The summed E-state index contributed by atoms with van der Waals surface area (Å²) in [6, 6.07) is 8.56. The van der Waals surface area contributed by atoms with E-state index in [2.05, 4.69) is 10.2 Å². The van der Waals surface area contributed by atoms with E-state index in [0.717, 1.165) is 17.7 Å². The molecule has 2 N–H and O–H groups in total. The molecule has 1 heterocycles. The zero-order valence-electron chi connectivity index (χ0n) is 16.0. The average molecular weight is 432 g/mol. The van der Waals surface area contributed by atoms with Gasteiger partial charge in [0, 0.05) is 32.2 Å². The van der Waals surface area contributed by atoms with Gasteiger partial charge in [-0.3, -0.25) is 4.90 Å². The van der Waals surface area contributed by atoms with Crippen molar-refractivity contribution < 1.29 is 31.4 Å². The molecule has 2 aromatic carbocycles. The number of nitrogens with zero attached hydrogens (tertiary/aromatic N) is 1. The van der Waals surface area contributed by atoms with E-state index >= 15 is 0 Å². The van der Waals surface area contributed by atoms with Gasteiger partial charge >= 0.3 is 12.4 Å². The van der Waals surface area contributed by atoms with Gasteiger partial charge in [-0.25, -0.2) is 0 Å². The summed E-state index contributed by atoms with van der Waals surface area (Å²) in [6.07, 6.45) is -8.94. The van der Waals surface area contributed by atoms with E-state index in [1.807, 2.05) is 0 Å². The van der Waals surface area contributed by atoms with Crippen LogP contribution in [-0.4, -0.2) is 42.2 Å². The molecule has 1 aliphatic heterocycles. The number of aromatic hydroxyl groups is 1. The molecule has 9 heteroatoms. The first-order chi connectivity index (χ1) is 14.0. The number of phenols is 1. The molecule has 0 spiro atoms. The van der Waals surface area contributed by atoms with Crippen LogP contribution in [-0.2, 0) is 25.2 Å². The molecule has 1 saturated heterocycles. The summed E-state index contributed by atoms with van der Waals surface area (Å²) in [5, 5.41) is 12.7. The third-order valence-electron chi connectivity index (χ3n) is 5.21. The number of hydrogen-bond acceptors (Lipinski definition) is 3. The first kappa shape index (κ1) is 22.4. The summed E-state index contributed by atoms with van der Waals surface area (Å²) in [5.41, 5.74) is -1.56. The van der Waals surface area contributed by atoms with Gasteiger partial charge in [-0.05, 0) is 54.3 Å². The number of rotatable bonds is 5. The standard InChI is InChI=1S/C21H22F6N2O/c22-20(23,24)16-9-15(10-17(12-16)21(25,26)27)5-7-29-8-6-28-13-18(29)11-14-1-3-19(30)4-2-14/h1-4,9-10,12,18,28,30H,5-8,11,13H2/t18-/m0/s1. The molecule has 3 nitrogen and oxygen atoms in total. The monoisotopic (exact) mass is 432 g/mol. The largest absolute Gasteiger partial charge is 0.508 e. The summed E-state index contributed by atoms with van der Waals surface area (Å²) in [7, 11) is 0. The molecule has 1 fully saturated rings. The Morgan fingerprint density at radius 1 is 0.900 bits per heavy atom. The van der Waals surface area contributed by atoms with Crippen LogP contribution in [0.1, 0.15) is 22.3 Å². The van der Waals surface area contributed by atoms with Crippen LogP contribution in [0.5, 0.6) is 5.75 Å². The van der Waals surface area contributed by atoms with E-state index in [4.69, 9.17) is 0 Å². The molecule has 2 aromatic rings. The van der Waals surface area contributed by atoms with Crippen molar-refractivity contribution in [2.24, 2.45) is 0 Å². The zero-order chi connectivity index (χ0) is 21.9.